The molecule has 3 N–H and O–H groups in total. The summed E-state index contributed by atoms with van der Waals surface area (Å²) in [4.78, 5) is 0. The van der Waals surface area contributed by atoms with E-state index in [-0.39, 0.29) is 0 Å². The summed E-state index contributed by atoms with van der Waals surface area (Å²) in [5.41, 5.74) is 5.95. The molecule has 0 saturated heterocycles. The van der Waals surface area contributed by atoms with Crippen molar-refractivity contribution in [1.29, 1.82) is 0 Å². The van der Waals surface area contributed by atoms with E-state index < -0.39 is 0 Å². The molecule has 0 aliphatic rings. The Balaban J connectivity index is 3.60. The van der Waals surface area contributed by atoms with Gasteiger partial charge in [0, 0.05) is 18.9 Å². The molecule has 0 atom stereocenters. The fraction of sp³-hybridized carbons (Fsp3) is 0.200. The van der Waals surface area contributed by atoms with Crippen molar-refractivity contribution in [2.24, 2.45) is 5.73 Å². The van der Waals surface area contributed by atoms with Gasteiger partial charge in [-0.2, -0.15) is 0 Å². The van der Waals surface area contributed by atoms with E-state index in [0.717, 1.165) is 5.70 Å². The Kier molecular flexibility index (Phi) is 2.85. The molecule has 0 fully saturated rings. The van der Waals surface area contributed by atoms with Crippen molar-refractivity contribution < 1.29 is 0 Å². The lowest BCUT2D eigenvalue weighted by molar-refractivity contribution is 1.03. The van der Waals surface area contributed by atoms with E-state index in [1.807, 2.05) is 0 Å². The molecule has 0 aliphatic carbocycles. The second-order valence-electron chi connectivity index (χ2n) is 1.08. The molecule has 0 amide bonds. The highest BCUT2D eigenvalue weighted by molar-refractivity contribution is 5.10. The number of likely N-dealkylation sites (N-methyl/N-ethyl adjacent to an activating group) is 1. The van der Waals surface area contributed by atoms with Gasteiger partial charge in [-0.25, -0.2) is 0 Å². The fourth-order valence-corrected chi connectivity index (χ4v) is 0.253. The molecule has 0 heterocycles. The number of hydrogen-bond acceptors (Lipinski definition) is 2. The Labute approximate surface area is 43.7 Å². The van der Waals surface area contributed by atoms with Crippen LogP contribution >= 0.6 is 0 Å². The van der Waals surface area contributed by atoms with Gasteiger partial charge in [0.1, 0.15) is 0 Å². The molecule has 0 radical (unpaired) electrons. The van der Waals surface area contributed by atoms with Crippen molar-refractivity contribution in [2.45, 2.75) is 0 Å². The van der Waals surface area contributed by atoms with Crippen LogP contribution in [0.2, 0.25) is 0 Å². The smallest absolute Gasteiger partial charge is 0.0489 e. The van der Waals surface area contributed by atoms with E-state index >= 15 is 0 Å². The maximum atomic E-state index is 5.10. The quantitative estimate of drug-likeness (QED) is 0.484. The lowest BCUT2D eigenvalue weighted by atomic mass is 10.5. The van der Waals surface area contributed by atoms with Gasteiger partial charge in [-0.3, -0.25) is 0 Å². The molecule has 0 saturated carbocycles. The van der Waals surface area contributed by atoms with Gasteiger partial charge in [0.15, 0.2) is 0 Å². The summed E-state index contributed by atoms with van der Waals surface area (Å²) < 4.78 is 0. The molecule has 2 heteroatoms. The normalized spacial score (nSPS) is 10.7. The number of rotatable bonds is 2. The minimum atomic E-state index is 0.847. The molecular weight excluding hydrogens is 88.1 g/mol. The van der Waals surface area contributed by atoms with Gasteiger partial charge in [0.05, 0.1) is 0 Å². The zero-order chi connectivity index (χ0) is 5.70. The first-order valence-electron chi connectivity index (χ1n) is 2.07. The molecule has 0 aliphatic heterocycles. The Morgan fingerprint density at radius 2 is 2.43 bits per heavy atom. The van der Waals surface area contributed by atoms with Crippen LogP contribution in [0.1, 0.15) is 0 Å². The summed E-state index contributed by atoms with van der Waals surface area (Å²) in [6, 6.07) is 0. The zero-order valence-electron chi connectivity index (χ0n) is 4.44. The van der Waals surface area contributed by atoms with Crippen LogP contribution in [0, 0.1) is 0 Å². The van der Waals surface area contributed by atoms with Crippen molar-refractivity contribution in [3.63, 3.8) is 0 Å². The maximum Gasteiger partial charge on any atom is 0.0489 e. The molecule has 0 bridgehead atoms. The highest BCUT2D eigenvalue weighted by Gasteiger charge is 1.75. The van der Waals surface area contributed by atoms with E-state index in [2.05, 4.69) is 11.9 Å². The van der Waals surface area contributed by atoms with Crippen molar-refractivity contribution in [3.8, 4) is 0 Å². The third-order valence-electron chi connectivity index (χ3n) is 0.688. The number of nitrogens with one attached hydrogen (secondary N) is 1. The highest BCUT2D eigenvalue weighted by atomic mass is 14.8. The molecule has 0 aromatic rings. The van der Waals surface area contributed by atoms with E-state index in [1.165, 1.54) is 6.20 Å². The summed E-state index contributed by atoms with van der Waals surface area (Å²) >= 11 is 0. The third kappa shape index (κ3) is 1.87. The molecule has 7 heavy (non-hydrogen) atoms. The maximum absolute atomic E-state index is 5.10. The lowest BCUT2D eigenvalue weighted by Crippen LogP contribution is -2.04. The minimum Gasteiger partial charge on any atom is -0.403 e. The first kappa shape index (κ1) is 6.08. The molecule has 0 aromatic carbocycles. The summed E-state index contributed by atoms with van der Waals surface area (Å²) in [5.74, 6) is 0. The Hall–Kier alpha value is -0.920. The second kappa shape index (κ2) is 3.28. The first-order valence-corrected chi connectivity index (χ1v) is 2.07. The van der Waals surface area contributed by atoms with Gasteiger partial charge in [-0.05, 0) is 6.08 Å². The average molecular weight is 98.1 g/mol. The van der Waals surface area contributed by atoms with Crippen LogP contribution in [-0.4, -0.2) is 7.05 Å². The van der Waals surface area contributed by atoms with Crippen molar-refractivity contribution in [1.82, 2.24) is 5.32 Å². The Morgan fingerprint density at radius 1 is 1.86 bits per heavy atom. The second-order valence-corrected chi connectivity index (χ2v) is 1.08. The van der Waals surface area contributed by atoms with E-state index in [4.69, 9.17) is 5.73 Å². The summed E-state index contributed by atoms with van der Waals surface area (Å²) in [6.07, 6.45) is 3.12. The van der Waals surface area contributed by atoms with Crippen LogP contribution < -0.4 is 11.1 Å². The Bertz CT molecular complexity index is 84.1. The van der Waals surface area contributed by atoms with Crippen LogP contribution in [0.25, 0.3) is 0 Å². The molecule has 0 spiro atoms. The lowest BCUT2D eigenvalue weighted by Gasteiger charge is -1.93. The van der Waals surface area contributed by atoms with Crippen LogP contribution in [0.5, 0.6) is 0 Å². The largest absolute Gasteiger partial charge is 0.403 e. The fourth-order valence-electron chi connectivity index (χ4n) is 0.253. The monoisotopic (exact) mass is 98.1 g/mol. The van der Waals surface area contributed by atoms with Crippen molar-refractivity contribution in [3.05, 3.63) is 24.6 Å². The van der Waals surface area contributed by atoms with Crippen molar-refractivity contribution >= 4 is 0 Å². The van der Waals surface area contributed by atoms with Crippen LogP contribution in [0.3, 0.4) is 0 Å². The van der Waals surface area contributed by atoms with Gasteiger partial charge in [-0.1, -0.05) is 6.58 Å². The number of nitrogens with two attached hydrogens (primary N) is 1. The molecule has 2 nitrogen and oxygen atoms in total. The standard InChI is InChI=1S/C5H10N2/c1-3-5(4-6)7-2/h3-4,7H,1,6H2,2H3/b5-4-. The average Bonchev–Trinajstić information content (AvgIpc) is 1.72. The summed E-state index contributed by atoms with van der Waals surface area (Å²) in [7, 11) is 1.79. The Morgan fingerprint density at radius 3 is 2.43 bits per heavy atom. The zero-order valence-corrected chi connectivity index (χ0v) is 4.44. The molecule has 0 aromatic heterocycles. The highest BCUT2D eigenvalue weighted by Crippen LogP contribution is 1.80. The van der Waals surface area contributed by atoms with E-state index in [1.54, 1.807) is 13.1 Å². The van der Waals surface area contributed by atoms with Crippen LogP contribution in [-0.2, 0) is 0 Å². The topological polar surface area (TPSA) is 38.0 Å². The van der Waals surface area contributed by atoms with Crippen LogP contribution in [0.4, 0.5) is 0 Å². The predicted octanol–water partition coefficient (Wildman–Crippen LogP) is 0.192. The summed E-state index contributed by atoms with van der Waals surface area (Å²) in [6.45, 7) is 3.49. The molecule has 0 unspecified atom stereocenters. The van der Waals surface area contributed by atoms with Gasteiger partial charge >= 0.3 is 0 Å². The van der Waals surface area contributed by atoms with E-state index in [9.17, 15) is 0 Å². The van der Waals surface area contributed by atoms with Gasteiger partial charge < -0.3 is 11.1 Å². The predicted molar refractivity (Wildman–Crippen MR) is 31.5 cm³/mol. The summed E-state index contributed by atoms with van der Waals surface area (Å²) in [5, 5.41) is 2.82. The molecule has 0 rings (SSSR count). The number of allylic oxidation sites excluding steroid dienone is 1. The minimum absolute atomic E-state index is 0.847. The van der Waals surface area contributed by atoms with Crippen LogP contribution in [0.15, 0.2) is 24.6 Å². The SMILES string of the molecule is C=C/C(=C/N)NC. The first-order chi connectivity index (χ1) is 3.35. The molecular formula is C5H10N2. The van der Waals surface area contributed by atoms with Gasteiger partial charge in [0.25, 0.3) is 0 Å². The molecule has 40 valence electrons. The van der Waals surface area contributed by atoms with Gasteiger partial charge in [-0.15, -0.1) is 0 Å². The third-order valence-corrected chi connectivity index (χ3v) is 0.688. The van der Waals surface area contributed by atoms with E-state index in [0.29, 0.717) is 0 Å². The van der Waals surface area contributed by atoms with Gasteiger partial charge in [0.2, 0.25) is 0 Å². The van der Waals surface area contributed by atoms with Crippen molar-refractivity contribution in [2.75, 3.05) is 7.05 Å². The number of hydrogen-bond donors (Lipinski definition) is 2.